The van der Waals surface area contributed by atoms with Crippen LogP contribution in [0.15, 0.2) is 60.7 Å². The Morgan fingerprint density at radius 3 is 2.52 bits per heavy atom. The molecule has 3 aromatic rings. The van der Waals surface area contributed by atoms with Gasteiger partial charge in [0.05, 0.1) is 0 Å². The van der Waals surface area contributed by atoms with Crippen molar-refractivity contribution in [2.75, 3.05) is 11.9 Å². The van der Waals surface area contributed by atoms with Crippen molar-refractivity contribution in [2.45, 2.75) is 26.8 Å². The number of rotatable bonds is 3. The maximum Gasteiger partial charge on any atom is 0.274 e. The molecule has 0 saturated heterocycles. The summed E-state index contributed by atoms with van der Waals surface area (Å²) in [7, 11) is 0. The van der Waals surface area contributed by atoms with Crippen molar-refractivity contribution < 1.29 is 9.59 Å². The molecule has 2 aromatic carbocycles. The van der Waals surface area contributed by atoms with Gasteiger partial charge in [-0.2, -0.15) is 0 Å². The summed E-state index contributed by atoms with van der Waals surface area (Å²) >= 11 is 0. The molecule has 0 radical (unpaired) electrons. The van der Waals surface area contributed by atoms with Crippen molar-refractivity contribution >= 4 is 17.5 Å². The molecule has 0 fully saturated rings. The van der Waals surface area contributed by atoms with Crippen LogP contribution >= 0.6 is 0 Å². The molecule has 0 spiro atoms. The van der Waals surface area contributed by atoms with Crippen LogP contribution in [-0.2, 0) is 13.0 Å². The van der Waals surface area contributed by atoms with Gasteiger partial charge in [-0.05, 0) is 60.7 Å². The molecule has 4 rings (SSSR count). The first kappa shape index (κ1) is 18.9. The van der Waals surface area contributed by atoms with Crippen LogP contribution in [0.5, 0.6) is 0 Å². The Morgan fingerprint density at radius 2 is 1.69 bits per heavy atom. The first-order valence-corrected chi connectivity index (χ1v) is 9.73. The summed E-state index contributed by atoms with van der Waals surface area (Å²) in [5.74, 6) is -0.474. The predicted octanol–water partition coefficient (Wildman–Crippen LogP) is 4.15. The lowest BCUT2D eigenvalue weighted by molar-refractivity contribution is 0.0728. The average molecular weight is 385 g/mol. The molecule has 146 valence electrons. The zero-order valence-electron chi connectivity index (χ0n) is 16.6. The number of amides is 2. The van der Waals surface area contributed by atoms with Crippen LogP contribution in [-0.4, -0.2) is 28.2 Å². The zero-order chi connectivity index (χ0) is 20.4. The second-order valence-electron chi connectivity index (χ2n) is 7.43. The van der Waals surface area contributed by atoms with Gasteiger partial charge in [-0.15, -0.1) is 0 Å². The minimum absolute atomic E-state index is 0.152. The summed E-state index contributed by atoms with van der Waals surface area (Å²) in [5, 5.41) is 2.90. The van der Waals surface area contributed by atoms with E-state index in [1.165, 1.54) is 5.56 Å². The SMILES string of the molecule is Cc1ccc(C)c(NC(=O)c2cccc(C(=O)N3CCc4ccccc4C3)n2)c1. The van der Waals surface area contributed by atoms with Crippen molar-refractivity contribution in [3.63, 3.8) is 0 Å². The first-order valence-electron chi connectivity index (χ1n) is 9.73. The number of carbonyl (C=O) groups excluding carboxylic acids is 2. The van der Waals surface area contributed by atoms with Gasteiger partial charge in [-0.25, -0.2) is 4.98 Å². The van der Waals surface area contributed by atoms with Crippen LogP contribution in [0.4, 0.5) is 5.69 Å². The summed E-state index contributed by atoms with van der Waals surface area (Å²) in [6.07, 6.45) is 0.828. The van der Waals surface area contributed by atoms with Crippen LogP contribution in [0.25, 0.3) is 0 Å². The van der Waals surface area contributed by atoms with Crippen LogP contribution in [0.1, 0.15) is 43.2 Å². The van der Waals surface area contributed by atoms with E-state index in [-0.39, 0.29) is 23.2 Å². The third kappa shape index (κ3) is 4.04. The molecule has 1 aliphatic rings. The van der Waals surface area contributed by atoms with E-state index in [4.69, 9.17) is 0 Å². The Labute approximate surface area is 170 Å². The largest absolute Gasteiger partial charge is 0.333 e. The summed E-state index contributed by atoms with van der Waals surface area (Å²) in [5.41, 5.74) is 5.76. The van der Waals surface area contributed by atoms with E-state index in [2.05, 4.69) is 22.4 Å². The molecule has 1 N–H and O–H groups in total. The highest BCUT2D eigenvalue weighted by Gasteiger charge is 2.23. The fraction of sp³-hybridized carbons (Fsp3) is 0.208. The van der Waals surface area contributed by atoms with E-state index in [1.807, 2.05) is 44.2 Å². The Bertz CT molecular complexity index is 1090. The van der Waals surface area contributed by atoms with Gasteiger partial charge in [0.2, 0.25) is 0 Å². The van der Waals surface area contributed by atoms with Gasteiger partial charge in [0.15, 0.2) is 0 Å². The van der Waals surface area contributed by atoms with Crippen LogP contribution < -0.4 is 5.32 Å². The predicted molar refractivity (Wildman–Crippen MR) is 113 cm³/mol. The monoisotopic (exact) mass is 385 g/mol. The molecule has 1 aromatic heterocycles. The molecular weight excluding hydrogens is 362 g/mol. The zero-order valence-corrected chi connectivity index (χ0v) is 16.6. The maximum atomic E-state index is 13.0. The van der Waals surface area contributed by atoms with Gasteiger partial charge in [0.1, 0.15) is 11.4 Å². The quantitative estimate of drug-likeness (QED) is 0.737. The smallest absolute Gasteiger partial charge is 0.274 e. The lowest BCUT2D eigenvalue weighted by atomic mass is 10.00. The van der Waals surface area contributed by atoms with Crippen LogP contribution in [0.3, 0.4) is 0 Å². The number of aryl methyl sites for hydroxylation is 2. The molecule has 2 amide bonds. The number of aromatic nitrogens is 1. The van der Waals surface area contributed by atoms with Crippen molar-refractivity contribution in [2.24, 2.45) is 0 Å². The second kappa shape index (κ2) is 7.87. The highest BCUT2D eigenvalue weighted by atomic mass is 16.2. The molecule has 0 unspecified atom stereocenters. The molecule has 0 bridgehead atoms. The van der Waals surface area contributed by atoms with Crippen LogP contribution in [0, 0.1) is 13.8 Å². The molecular formula is C24H23N3O2. The van der Waals surface area contributed by atoms with E-state index in [0.29, 0.717) is 13.1 Å². The van der Waals surface area contributed by atoms with Gasteiger partial charge in [-0.1, -0.05) is 42.5 Å². The van der Waals surface area contributed by atoms with E-state index in [9.17, 15) is 9.59 Å². The van der Waals surface area contributed by atoms with Crippen molar-refractivity contribution in [1.29, 1.82) is 0 Å². The number of nitrogens with zero attached hydrogens (tertiary/aromatic N) is 2. The van der Waals surface area contributed by atoms with Crippen LogP contribution in [0.2, 0.25) is 0 Å². The second-order valence-corrected chi connectivity index (χ2v) is 7.43. The fourth-order valence-electron chi connectivity index (χ4n) is 3.57. The summed E-state index contributed by atoms with van der Waals surface area (Å²) < 4.78 is 0. The molecule has 0 saturated carbocycles. The standard InChI is InChI=1S/C24H23N3O2/c1-16-10-11-17(2)22(14-16)26-23(28)20-8-5-9-21(25-20)24(29)27-13-12-18-6-3-4-7-19(18)15-27/h3-11,14H,12-13,15H2,1-2H3,(H,26,28). The number of benzene rings is 2. The Hall–Kier alpha value is -3.47. The van der Waals surface area contributed by atoms with Crippen molar-refractivity contribution in [3.8, 4) is 0 Å². The van der Waals surface area contributed by atoms with Gasteiger partial charge in [-0.3, -0.25) is 9.59 Å². The number of nitrogens with one attached hydrogen (secondary N) is 1. The molecule has 1 aliphatic heterocycles. The average Bonchev–Trinajstić information content (AvgIpc) is 2.75. The number of pyridine rings is 1. The number of anilines is 1. The highest BCUT2D eigenvalue weighted by molar-refractivity contribution is 6.04. The molecule has 0 aliphatic carbocycles. The topological polar surface area (TPSA) is 62.3 Å². The molecule has 5 heteroatoms. The minimum atomic E-state index is -0.322. The number of carbonyl (C=O) groups is 2. The Balaban J connectivity index is 1.52. The summed E-state index contributed by atoms with van der Waals surface area (Å²) in [4.78, 5) is 31.8. The Morgan fingerprint density at radius 1 is 0.931 bits per heavy atom. The van der Waals surface area contributed by atoms with E-state index >= 15 is 0 Å². The van der Waals surface area contributed by atoms with Gasteiger partial charge < -0.3 is 10.2 Å². The van der Waals surface area contributed by atoms with Gasteiger partial charge in [0, 0.05) is 18.8 Å². The number of fused-ring (bicyclic) bond motifs is 1. The third-order valence-electron chi connectivity index (χ3n) is 5.26. The highest BCUT2D eigenvalue weighted by Crippen LogP contribution is 2.20. The number of hydrogen-bond acceptors (Lipinski definition) is 3. The molecule has 2 heterocycles. The van der Waals surface area contributed by atoms with Crippen molar-refractivity contribution in [1.82, 2.24) is 9.88 Å². The normalized spacial score (nSPS) is 13.0. The molecule has 5 nitrogen and oxygen atoms in total. The maximum absolute atomic E-state index is 13.0. The fourth-order valence-corrected chi connectivity index (χ4v) is 3.57. The lowest BCUT2D eigenvalue weighted by Gasteiger charge is -2.28. The third-order valence-corrected chi connectivity index (χ3v) is 5.26. The number of hydrogen-bond donors (Lipinski definition) is 1. The van der Waals surface area contributed by atoms with Gasteiger partial charge in [0.25, 0.3) is 11.8 Å². The molecule has 0 atom stereocenters. The lowest BCUT2D eigenvalue weighted by Crippen LogP contribution is -2.36. The van der Waals surface area contributed by atoms with E-state index in [0.717, 1.165) is 28.8 Å². The van der Waals surface area contributed by atoms with E-state index < -0.39 is 0 Å². The Kier molecular flexibility index (Phi) is 5.12. The summed E-state index contributed by atoms with van der Waals surface area (Å²) in [6, 6.07) is 19.1. The van der Waals surface area contributed by atoms with E-state index in [1.54, 1.807) is 23.1 Å². The summed E-state index contributed by atoms with van der Waals surface area (Å²) in [6.45, 7) is 5.13. The van der Waals surface area contributed by atoms with Crippen molar-refractivity contribution in [3.05, 3.63) is 94.3 Å². The first-order chi connectivity index (χ1) is 14.0. The molecule has 29 heavy (non-hydrogen) atoms. The van der Waals surface area contributed by atoms with Gasteiger partial charge >= 0.3 is 0 Å². The minimum Gasteiger partial charge on any atom is -0.333 e.